The zero-order valence-corrected chi connectivity index (χ0v) is 10.6. The van der Waals surface area contributed by atoms with Gasteiger partial charge in [-0.3, -0.25) is 0 Å². The van der Waals surface area contributed by atoms with E-state index in [0.29, 0.717) is 11.4 Å². The molecule has 0 aliphatic heterocycles. The highest BCUT2D eigenvalue weighted by Crippen LogP contribution is 2.25. The van der Waals surface area contributed by atoms with Gasteiger partial charge in [0.1, 0.15) is 5.75 Å². The summed E-state index contributed by atoms with van der Waals surface area (Å²) in [5.74, 6) is -0.303. The first kappa shape index (κ1) is 12.2. The van der Waals surface area contributed by atoms with Crippen LogP contribution in [0.1, 0.15) is 21.7 Å². The molecule has 0 fully saturated rings. The van der Waals surface area contributed by atoms with Crippen LogP contribution in [-0.4, -0.2) is 22.8 Å². The molecule has 2 aromatic rings. The molecule has 0 aliphatic carbocycles. The van der Waals surface area contributed by atoms with Crippen LogP contribution in [0.2, 0.25) is 0 Å². The lowest BCUT2D eigenvalue weighted by molar-refractivity contribution is 0.0697. The van der Waals surface area contributed by atoms with Gasteiger partial charge in [-0.05, 0) is 38.1 Å². The van der Waals surface area contributed by atoms with Crippen molar-refractivity contribution in [3.05, 3.63) is 47.3 Å². The van der Waals surface area contributed by atoms with Gasteiger partial charge >= 0.3 is 5.97 Å². The molecule has 94 valence electrons. The van der Waals surface area contributed by atoms with Gasteiger partial charge in [-0.25, -0.2) is 4.79 Å². The van der Waals surface area contributed by atoms with Crippen LogP contribution in [0.25, 0.3) is 5.69 Å². The topological polar surface area (TPSA) is 51.5 Å². The first-order chi connectivity index (χ1) is 8.54. The fourth-order valence-electron chi connectivity index (χ4n) is 2.05. The highest BCUT2D eigenvalue weighted by molar-refractivity contribution is 5.92. The molecule has 4 nitrogen and oxygen atoms in total. The Balaban J connectivity index is 2.71. The van der Waals surface area contributed by atoms with Gasteiger partial charge in [0.2, 0.25) is 0 Å². The molecule has 0 unspecified atom stereocenters. The maximum atomic E-state index is 11.3. The van der Waals surface area contributed by atoms with Gasteiger partial charge in [0.15, 0.2) is 0 Å². The zero-order valence-electron chi connectivity index (χ0n) is 10.6. The van der Waals surface area contributed by atoms with E-state index >= 15 is 0 Å². The van der Waals surface area contributed by atoms with Crippen LogP contribution >= 0.6 is 0 Å². The van der Waals surface area contributed by atoms with Gasteiger partial charge in [0.05, 0.1) is 18.4 Å². The van der Waals surface area contributed by atoms with Crippen LogP contribution < -0.4 is 4.74 Å². The lowest BCUT2D eigenvalue weighted by Crippen LogP contribution is -2.08. The van der Waals surface area contributed by atoms with E-state index in [1.54, 1.807) is 25.3 Å². The lowest BCUT2D eigenvalue weighted by Gasteiger charge is -2.13. The Bertz CT molecular complexity index is 580. The first-order valence-electron chi connectivity index (χ1n) is 5.61. The van der Waals surface area contributed by atoms with Crippen LogP contribution in [-0.2, 0) is 0 Å². The third-order valence-corrected chi connectivity index (χ3v) is 2.95. The Hall–Kier alpha value is -2.23. The van der Waals surface area contributed by atoms with E-state index in [1.165, 1.54) is 0 Å². The van der Waals surface area contributed by atoms with Crippen molar-refractivity contribution in [1.29, 1.82) is 0 Å². The summed E-state index contributed by atoms with van der Waals surface area (Å²) in [6.45, 7) is 3.89. The summed E-state index contributed by atoms with van der Waals surface area (Å²) in [6, 6.07) is 8.88. The molecule has 1 heterocycles. The number of hydrogen-bond acceptors (Lipinski definition) is 2. The number of benzene rings is 1. The van der Waals surface area contributed by atoms with Crippen LogP contribution in [0.3, 0.4) is 0 Å². The van der Waals surface area contributed by atoms with Crippen LogP contribution in [0.15, 0.2) is 30.3 Å². The van der Waals surface area contributed by atoms with Crippen LogP contribution in [0.5, 0.6) is 5.75 Å². The monoisotopic (exact) mass is 245 g/mol. The molecule has 0 radical (unpaired) electrons. The number of carboxylic acids is 1. The molecule has 0 saturated carbocycles. The van der Waals surface area contributed by atoms with Crippen molar-refractivity contribution < 1.29 is 14.6 Å². The van der Waals surface area contributed by atoms with Crippen LogP contribution in [0, 0.1) is 13.8 Å². The van der Waals surface area contributed by atoms with Gasteiger partial charge in [-0.1, -0.05) is 0 Å². The maximum Gasteiger partial charge on any atom is 0.337 e. The minimum absolute atomic E-state index is 0.262. The number of ether oxygens (including phenoxy) is 1. The van der Waals surface area contributed by atoms with Gasteiger partial charge in [0, 0.05) is 17.5 Å². The molecule has 0 atom stereocenters. The molecular weight excluding hydrogens is 230 g/mol. The fraction of sp³-hybridized carbons (Fsp3) is 0.214. The second-order valence-corrected chi connectivity index (χ2v) is 4.14. The standard InChI is InChI=1S/C14H15NO3/c1-9-4-5-10(2)15(9)13-8-11(18-3)6-7-12(13)14(16)17/h4-8H,1-3H3,(H,16,17). The molecule has 1 N–H and O–H groups in total. The summed E-state index contributed by atoms with van der Waals surface area (Å²) >= 11 is 0. The predicted molar refractivity (Wildman–Crippen MR) is 68.8 cm³/mol. The molecule has 0 aliphatic rings. The highest BCUT2D eigenvalue weighted by atomic mass is 16.5. The van der Waals surface area contributed by atoms with E-state index in [9.17, 15) is 9.90 Å². The van der Waals surface area contributed by atoms with Crippen molar-refractivity contribution in [3.63, 3.8) is 0 Å². The van der Waals surface area contributed by atoms with E-state index in [2.05, 4.69) is 0 Å². The number of aromatic carboxylic acids is 1. The molecule has 0 spiro atoms. The molecule has 1 aromatic carbocycles. The second kappa shape index (κ2) is 4.56. The number of aromatic nitrogens is 1. The van der Waals surface area contributed by atoms with Gasteiger partial charge in [-0.15, -0.1) is 0 Å². The van der Waals surface area contributed by atoms with E-state index in [4.69, 9.17) is 4.74 Å². The summed E-state index contributed by atoms with van der Waals surface area (Å²) in [7, 11) is 1.56. The molecular formula is C14H15NO3. The smallest absolute Gasteiger partial charge is 0.337 e. The number of nitrogens with zero attached hydrogens (tertiary/aromatic N) is 1. The molecule has 1 aromatic heterocycles. The Morgan fingerprint density at radius 1 is 1.17 bits per heavy atom. The molecule has 2 rings (SSSR count). The van der Waals surface area contributed by atoms with Crippen molar-refractivity contribution in [1.82, 2.24) is 4.57 Å². The molecule has 18 heavy (non-hydrogen) atoms. The van der Waals surface area contributed by atoms with Crippen molar-refractivity contribution in [2.45, 2.75) is 13.8 Å². The van der Waals surface area contributed by atoms with E-state index in [1.807, 2.05) is 30.5 Å². The number of rotatable bonds is 3. The minimum atomic E-state index is -0.944. The highest BCUT2D eigenvalue weighted by Gasteiger charge is 2.15. The third kappa shape index (κ3) is 1.97. The Morgan fingerprint density at radius 2 is 1.78 bits per heavy atom. The summed E-state index contributed by atoms with van der Waals surface area (Å²) in [5, 5.41) is 9.26. The number of hydrogen-bond donors (Lipinski definition) is 1. The first-order valence-corrected chi connectivity index (χ1v) is 5.61. The minimum Gasteiger partial charge on any atom is -0.497 e. The fourth-order valence-corrected chi connectivity index (χ4v) is 2.05. The van der Waals surface area contributed by atoms with E-state index in [-0.39, 0.29) is 5.56 Å². The largest absolute Gasteiger partial charge is 0.497 e. The Labute approximate surface area is 105 Å². The number of carbonyl (C=O) groups is 1. The van der Waals surface area contributed by atoms with Crippen molar-refractivity contribution >= 4 is 5.97 Å². The lowest BCUT2D eigenvalue weighted by atomic mass is 10.1. The average molecular weight is 245 g/mol. The summed E-state index contributed by atoms with van der Waals surface area (Å²) in [6.07, 6.45) is 0. The van der Waals surface area contributed by atoms with E-state index < -0.39 is 5.97 Å². The summed E-state index contributed by atoms with van der Waals surface area (Å²) in [5.41, 5.74) is 2.87. The Kier molecular flexibility index (Phi) is 3.10. The molecule has 4 heteroatoms. The van der Waals surface area contributed by atoms with Crippen LogP contribution in [0.4, 0.5) is 0 Å². The normalized spacial score (nSPS) is 10.4. The second-order valence-electron chi connectivity index (χ2n) is 4.14. The van der Waals surface area contributed by atoms with Crippen molar-refractivity contribution in [2.24, 2.45) is 0 Å². The molecule has 0 bridgehead atoms. The van der Waals surface area contributed by atoms with E-state index in [0.717, 1.165) is 11.4 Å². The average Bonchev–Trinajstić information content (AvgIpc) is 2.68. The maximum absolute atomic E-state index is 11.3. The summed E-state index contributed by atoms with van der Waals surface area (Å²) in [4.78, 5) is 11.3. The SMILES string of the molecule is COc1ccc(C(=O)O)c(-n2c(C)ccc2C)c1. The predicted octanol–water partition coefficient (Wildman–Crippen LogP) is 2.80. The Morgan fingerprint density at radius 3 is 2.28 bits per heavy atom. The quantitative estimate of drug-likeness (QED) is 0.904. The van der Waals surface area contributed by atoms with Gasteiger partial charge < -0.3 is 14.4 Å². The molecule has 0 amide bonds. The number of aryl methyl sites for hydroxylation is 2. The number of carboxylic acid groups (broad SMARTS) is 1. The zero-order chi connectivity index (χ0) is 13.3. The van der Waals surface area contributed by atoms with Gasteiger partial charge in [0.25, 0.3) is 0 Å². The van der Waals surface area contributed by atoms with Crippen molar-refractivity contribution in [3.8, 4) is 11.4 Å². The summed E-state index contributed by atoms with van der Waals surface area (Å²) < 4.78 is 7.07. The van der Waals surface area contributed by atoms with Gasteiger partial charge in [-0.2, -0.15) is 0 Å². The molecule has 0 saturated heterocycles. The number of methoxy groups -OCH3 is 1. The van der Waals surface area contributed by atoms with Crippen molar-refractivity contribution in [2.75, 3.05) is 7.11 Å². The third-order valence-electron chi connectivity index (χ3n) is 2.95.